The molecule has 3 heteroatoms. The van der Waals surface area contributed by atoms with Crippen molar-refractivity contribution in [2.45, 2.75) is 64.1 Å². The first-order chi connectivity index (χ1) is 8.70. The average Bonchev–Trinajstić information content (AvgIpc) is 3.21. The summed E-state index contributed by atoms with van der Waals surface area (Å²) in [5.74, 6) is 1.56. The summed E-state index contributed by atoms with van der Waals surface area (Å²) in [4.78, 5) is 4.72. The normalized spacial score (nSPS) is 19.3. The van der Waals surface area contributed by atoms with E-state index in [0.717, 1.165) is 18.4 Å². The van der Waals surface area contributed by atoms with Gasteiger partial charge in [0.05, 0.1) is 0 Å². The zero-order valence-corrected chi connectivity index (χ0v) is 11.4. The molecule has 2 saturated carbocycles. The minimum Gasteiger partial charge on any atom is -0.367 e. The molecule has 0 unspecified atom stereocenters. The lowest BCUT2D eigenvalue weighted by Gasteiger charge is -2.12. The molecule has 0 aromatic carbocycles. The summed E-state index contributed by atoms with van der Waals surface area (Å²) in [5, 5.41) is 7.10. The van der Waals surface area contributed by atoms with Gasteiger partial charge in [-0.3, -0.25) is 0 Å². The summed E-state index contributed by atoms with van der Waals surface area (Å²) in [5.41, 5.74) is 2.57. The largest absolute Gasteiger partial charge is 0.367 e. The van der Waals surface area contributed by atoms with Crippen molar-refractivity contribution in [3.05, 3.63) is 23.4 Å². The molecule has 0 atom stereocenters. The van der Waals surface area contributed by atoms with Gasteiger partial charge >= 0.3 is 0 Å². The Morgan fingerprint density at radius 2 is 1.89 bits per heavy atom. The molecule has 2 N–H and O–H groups in total. The Morgan fingerprint density at radius 3 is 2.50 bits per heavy atom. The van der Waals surface area contributed by atoms with Gasteiger partial charge < -0.3 is 10.6 Å². The molecule has 1 aromatic rings. The number of hydrogen-bond acceptors (Lipinski definition) is 3. The number of nitrogens with zero attached hydrogens (tertiary/aromatic N) is 1. The molecule has 2 aliphatic carbocycles. The molecule has 18 heavy (non-hydrogen) atoms. The zero-order valence-electron chi connectivity index (χ0n) is 11.4. The van der Waals surface area contributed by atoms with Gasteiger partial charge in [-0.1, -0.05) is 13.8 Å². The average molecular weight is 245 g/mol. The number of hydrogen-bond donors (Lipinski definition) is 2. The Labute approximate surface area is 109 Å². The summed E-state index contributed by atoms with van der Waals surface area (Å²) in [6.07, 6.45) is 5.27. The lowest BCUT2D eigenvalue weighted by Crippen LogP contribution is -2.16. The molecule has 0 saturated heterocycles. The third kappa shape index (κ3) is 3.22. The number of nitrogens with one attached hydrogen (secondary N) is 2. The SMILES string of the molecule is CC(C)c1cc(CNC2CC2)cc(NC2CC2)n1. The minimum atomic E-state index is 0.491. The molecule has 3 nitrogen and oxygen atoms in total. The van der Waals surface area contributed by atoms with Crippen LogP contribution in [0.2, 0.25) is 0 Å². The first kappa shape index (κ1) is 12.0. The second-order valence-electron chi connectivity index (χ2n) is 6.01. The molecule has 0 aliphatic heterocycles. The van der Waals surface area contributed by atoms with Crippen LogP contribution in [0.25, 0.3) is 0 Å². The molecule has 0 amide bonds. The van der Waals surface area contributed by atoms with E-state index in [0.29, 0.717) is 12.0 Å². The van der Waals surface area contributed by atoms with E-state index >= 15 is 0 Å². The van der Waals surface area contributed by atoms with Gasteiger partial charge in [0, 0.05) is 24.3 Å². The van der Waals surface area contributed by atoms with E-state index in [1.165, 1.54) is 36.9 Å². The predicted octanol–water partition coefficient (Wildman–Crippen LogP) is 3.03. The number of rotatable bonds is 6. The lowest BCUT2D eigenvalue weighted by atomic mass is 10.1. The van der Waals surface area contributed by atoms with Crippen molar-refractivity contribution in [2.24, 2.45) is 0 Å². The van der Waals surface area contributed by atoms with E-state index in [2.05, 4.69) is 36.6 Å². The van der Waals surface area contributed by atoms with Crippen LogP contribution in [0.15, 0.2) is 12.1 Å². The molecule has 1 aromatic heterocycles. The van der Waals surface area contributed by atoms with Crippen molar-refractivity contribution in [3.63, 3.8) is 0 Å². The van der Waals surface area contributed by atoms with Gasteiger partial charge in [-0.15, -0.1) is 0 Å². The van der Waals surface area contributed by atoms with Crippen molar-refractivity contribution >= 4 is 5.82 Å². The molecule has 2 aliphatic rings. The highest BCUT2D eigenvalue weighted by Gasteiger charge is 2.22. The van der Waals surface area contributed by atoms with E-state index in [9.17, 15) is 0 Å². The predicted molar refractivity (Wildman–Crippen MR) is 74.8 cm³/mol. The Hall–Kier alpha value is -1.09. The van der Waals surface area contributed by atoms with Crippen molar-refractivity contribution in [2.75, 3.05) is 5.32 Å². The van der Waals surface area contributed by atoms with Gasteiger partial charge in [0.1, 0.15) is 5.82 Å². The number of aromatic nitrogens is 1. The van der Waals surface area contributed by atoms with Crippen LogP contribution >= 0.6 is 0 Å². The maximum atomic E-state index is 4.72. The van der Waals surface area contributed by atoms with Crippen molar-refractivity contribution in [1.29, 1.82) is 0 Å². The van der Waals surface area contributed by atoms with Crippen LogP contribution in [0.1, 0.15) is 56.7 Å². The molecule has 0 spiro atoms. The fourth-order valence-electron chi connectivity index (χ4n) is 2.07. The lowest BCUT2D eigenvalue weighted by molar-refractivity contribution is 0.684. The first-order valence-electron chi connectivity index (χ1n) is 7.21. The summed E-state index contributed by atoms with van der Waals surface area (Å²) in [6.45, 7) is 5.40. The highest BCUT2D eigenvalue weighted by molar-refractivity contribution is 5.42. The smallest absolute Gasteiger partial charge is 0.126 e. The molecule has 98 valence electrons. The van der Waals surface area contributed by atoms with E-state index in [1.807, 2.05) is 0 Å². The Bertz CT molecular complexity index is 420. The Balaban J connectivity index is 1.73. The van der Waals surface area contributed by atoms with Crippen LogP contribution < -0.4 is 10.6 Å². The second kappa shape index (κ2) is 4.88. The topological polar surface area (TPSA) is 37.0 Å². The highest BCUT2D eigenvalue weighted by Crippen LogP contribution is 2.26. The van der Waals surface area contributed by atoms with Gasteiger partial charge in [-0.05, 0) is 49.3 Å². The van der Waals surface area contributed by atoms with Crippen LogP contribution in [-0.4, -0.2) is 17.1 Å². The minimum absolute atomic E-state index is 0.491. The van der Waals surface area contributed by atoms with E-state index in [1.54, 1.807) is 0 Å². The van der Waals surface area contributed by atoms with Gasteiger partial charge in [0.2, 0.25) is 0 Å². The fourth-order valence-corrected chi connectivity index (χ4v) is 2.07. The zero-order chi connectivity index (χ0) is 12.5. The van der Waals surface area contributed by atoms with Crippen LogP contribution in [0.3, 0.4) is 0 Å². The quantitative estimate of drug-likeness (QED) is 0.809. The van der Waals surface area contributed by atoms with Crippen LogP contribution in [0.4, 0.5) is 5.82 Å². The van der Waals surface area contributed by atoms with E-state index in [-0.39, 0.29) is 0 Å². The summed E-state index contributed by atoms with van der Waals surface area (Å²) in [7, 11) is 0. The second-order valence-corrected chi connectivity index (χ2v) is 6.01. The third-order valence-electron chi connectivity index (χ3n) is 3.60. The van der Waals surface area contributed by atoms with Crippen molar-refractivity contribution < 1.29 is 0 Å². The van der Waals surface area contributed by atoms with Gasteiger partial charge in [-0.25, -0.2) is 4.98 Å². The first-order valence-corrected chi connectivity index (χ1v) is 7.21. The molecule has 2 fully saturated rings. The van der Waals surface area contributed by atoms with Gasteiger partial charge in [-0.2, -0.15) is 0 Å². The maximum absolute atomic E-state index is 4.72. The molecule has 0 bridgehead atoms. The van der Waals surface area contributed by atoms with E-state index < -0.39 is 0 Å². The maximum Gasteiger partial charge on any atom is 0.126 e. The van der Waals surface area contributed by atoms with Crippen LogP contribution in [0, 0.1) is 0 Å². The van der Waals surface area contributed by atoms with E-state index in [4.69, 9.17) is 4.98 Å². The number of anilines is 1. The molecular formula is C15H23N3. The van der Waals surface area contributed by atoms with Crippen molar-refractivity contribution in [1.82, 2.24) is 10.3 Å². The van der Waals surface area contributed by atoms with Crippen molar-refractivity contribution in [3.8, 4) is 0 Å². The Morgan fingerprint density at radius 1 is 1.17 bits per heavy atom. The van der Waals surface area contributed by atoms with Gasteiger partial charge in [0.25, 0.3) is 0 Å². The molecular weight excluding hydrogens is 222 g/mol. The monoisotopic (exact) mass is 245 g/mol. The summed E-state index contributed by atoms with van der Waals surface area (Å²) in [6, 6.07) is 5.89. The highest BCUT2D eigenvalue weighted by atomic mass is 15.0. The Kier molecular flexibility index (Phi) is 3.25. The standard InChI is InChI=1S/C15H23N3/c1-10(2)14-7-11(9-16-12-3-4-12)8-15(18-14)17-13-5-6-13/h7-8,10,12-13,16H,3-6,9H2,1-2H3,(H,17,18). The molecule has 1 heterocycles. The molecule has 0 radical (unpaired) electrons. The van der Waals surface area contributed by atoms with Gasteiger partial charge in [0.15, 0.2) is 0 Å². The summed E-state index contributed by atoms with van der Waals surface area (Å²) >= 11 is 0. The van der Waals surface area contributed by atoms with Crippen LogP contribution in [0.5, 0.6) is 0 Å². The fraction of sp³-hybridized carbons (Fsp3) is 0.667. The molecule has 3 rings (SSSR count). The third-order valence-corrected chi connectivity index (χ3v) is 3.60. The summed E-state index contributed by atoms with van der Waals surface area (Å²) < 4.78 is 0. The number of pyridine rings is 1. The van der Waals surface area contributed by atoms with Crippen LogP contribution in [-0.2, 0) is 6.54 Å².